The number of anilines is 1. The van der Waals surface area contributed by atoms with E-state index >= 15 is 0 Å². The predicted octanol–water partition coefficient (Wildman–Crippen LogP) is 1.06. The van der Waals surface area contributed by atoms with E-state index in [4.69, 9.17) is 9.72 Å². The highest BCUT2D eigenvalue weighted by molar-refractivity contribution is 5.35. The molecular weight excluding hydrogens is 228 g/mol. The zero-order chi connectivity index (χ0) is 13.0. The molecule has 18 heavy (non-hydrogen) atoms. The first-order valence-electron chi connectivity index (χ1n) is 6.78. The van der Waals surface area contributed by atoms with E-state index in [-0.39, 0.29) is 0 Å². The van der Waals surface area contributed by atoms with Crippen LogP contribution in [0.1, 0.15) is 25.6 Å². The minimum absolute atomic E-state index is 0.327. The van der Waals surface area contributed by atoms with E-state index in [1.807, 2.05) is 0 Å². The van der Waals surface area contributed by atoms with Crippen molar-refractivity contribution in [3.05, 3.63) is 11.9 Å². The van der Waals surface area contributed by atoms with Gasteiger partial charge < -0.3 is 19.5 Å². The molecule has 0 saturated carbocycles. The number of piperazine rings is 1. The Balaban J connectivity index is 2.22. The zero-order valence-electron chi connectivity index (χ0n) is 11.6. The van der Waals surface area contributed by atoms with Crippen molar-refractivity contribution < 1.29 is 4.74 Å². The summed E-state index contributed by atoms with van der Waals surface area (Å²) >= 11 is 0. The molecule has 0 aliphatic carbocycles. The second-order valence-electron chi connectivity index (χ2n) is 4.83. The van der Waals surface area contributed by atoms with E-state index in [1.54, 1.807) is 7.11 Å². The number of ether oxygens (including phenoxy) is 1. The summed E-state index contributed by atoms with van der Waals surface area (Å²) in [6.45, 7) is 9.17. The number of methoxy groups -OCH3 is 1. The van der Waals surface area contributed by atoms with Crippen LogP contribution in [0.2, 0.25) is 0 Å². The molecule has 0 spiro atoms. The normalized spacial score (nSPS) is 18.1. The lowest BCUT2D eigenvalue weighted by Crippen LogP contribution is -2.44. The molecule has 0 aromatic carbocycles. The van der Waals surface area contributed by atoms with E-state index < -0.39 is 0 Å². The van der Waals surface area contributed by atoms with Crippen molar-refractivity contribution in [3.63, 3.8) is 0 Å². The maximum Gasteiger partial charge on any atom is 0.206 e. The summed E-state index contributed by atoms with van der Waals surface area (Å²) in [4.78, 5) is 7.12. The molecule has 2 rings (SSSR count). The molecule has 102 valence electrons. The topological polar surface area (TPSA) is 42.3 Å². The van der Waals surface area contributed by atoms with Crippen LogP contribution in [0.5, 0.6) is 0 Å². The van der Waals surface area contributed by atoms with Crippen LogP contribution >= 0.6 is 0 Å². The van der Waals surface area contributed by atoms with Crippen LogP contribution in [-0.2, 0) is 11.2 Å². The standard InChI is InChI=1S/C13H24N4O/c1-4-12-9-17(11(2)10-18-3)13(15-12)16-7-5-14-6-8-16/h9,11,14H,4-8,10H2,1-3H3. The third-order valence-corrected chi connectivity index (χ3v) is 3.41. The Kier molecular flexibility index (Phi) is 4.60. The largest absolute Gasteiger partial charge is 0.383 e. The summed E-state index contributed by atoms with van der Waals surface area (Å²) in [5.41, 5.74) is 1.16. The van der Waals surface area contributed by atoms with Crippen molar-refractivity contribution in [1.82, 2.24) is 14.9 Å². The Labute approximate surface area is 109 Å². The van der Waals surface area contributed by atoms with Crippen LogP contribution in [0.25, 0.3) is 0 Å². The lowest BCUT2D eigenvalue weighted by molar-refractivity contribution is 0.162. The Morgan fingerprint density at radius 3 is 2.78 bits per heavy atom. The van der Waals surface area contributed by atoms with Crippen molar-refractivity contribution in [2.24, 2.45) is 0 Å². The van der Waals surface area contributed by atoms with Crippen LogP contribution in [0.3, 0.4) is 0 Å². The van der Waals surface area contributed by atoms with Crippen molar-refractivity contribution in [2.75, 3.05) is 44.8 Å². The fourth-order valence-corrected chi connectivity index (χ4v) is 2.35. The van der Waals surface area contributed by atoms with Crippen molar-refractivity contribution in [2.45, 2.75) is 26.3 Å². The van der Waals surface area contributed by atoms with Gasteiger partial charge in [0, 0.05) is 39.5 Å². The first kappa shape index (κ1) is 13.4. The third kappa shape index (κ3) is 2.84. The second kappa shape index (κ2) is 6.20. The Hall–Kier alpha value is -1.07. The van der Waals surface area contributed by atoms with Crippen molar-refractivity contribution >= 4 is 5.95 Å². The Morgan fingerprint density at radius 1 is 1.44 bits per heavy atom. The van der Waals surface area contributed by atoms with Gasteiger partial charge in [-0.25, -0.2) is 4.98 Å². The molecule has 1 unspecified atom stereocenters. The summed E-state index contributed by atoms with van der Waals surface area (Å²) in [7, 11) is 1.75. The summed E-state index contributed by atoms with van der Waals surface area (Å²) in [6, 6.07) is 0.327. The monoisotopic (exact) mass is 252 g/mol. The zero-order valence-corrected chi connectivity index (χ0v) is 11.6. The van der Waals surface area contributed by atoms with Gasteiger partial charge in [0.05, 0.1) is 18.3 Å². The van der Waals surface area contributed by atoms with Crippen LogP contribution in [0.4, 0.5) is 5.95 Å². The number of nitrogens with zero attached hydrogens (tertiary/aromatic N) is 3. The van der Waals surface area contributed by atoms with Crippen LogP contribution < -0.4 is 10.2 Å². The minimum Gasteiger partial charge on any atom is -0.383 e. The molecule has 5 nitrogen and oxygen atoms in total. The number of imidazole rings is 1. The number of nitrogens with one attached hydrogen (secondary N) is 1. The van der Waals surface area contributed by atoms with Gasteiger partial charge in [0.25, 0.3) is 0 Å². The van der Waals surface area contributed by atoms with Gasteiger partial charge in [0.15, 0.2) is 0 Å². The molecule has 1 fully saturated rings. The highest BCUT2D eigenvalue weighted by Gasteiger charge is 2.19. The van der Waals surface area contributed by atoms with Gasteiger partial charge in [-0.3, -0.25) is 0 Å². The fourth-order valence-electron chi connectivity index (χ4n) is 2.35. The SMILES string of the molecule is CCc1cn(C(C)COC)c(N2CCNCC2)n1. The number of hydrogen-bond acceptors (Lipinski definition) is 4. The van der Waals surface area contributed by atoms with Gasteiger partial charge >= 0.3 is 0 Å². The maximum absolute atomic E-state index is 5.26. The number of aromatic nitrogens is 2. The summed E-state index contributed by atoms with van der Waals surface area (Å²) in [6.07, 6.45) is 3.15. The second-order valence-corrected chi connectivity index (χ2v) is 4.83. The number of aryl methyl sites for hydroxylation is 1. The van der Waals surface area contributed by atoms with Gasteiger partial charge in [0.2, 0.25) is 5.95 Å². The Bertz CT molecular complexity index is 371. The summed E-state index contributed by atoms with van der Waals surface area (Å²) < 4.78 is 7.52. The smallest absolute Gasteiger partial charge is 0.206 e. The molecule has 5 heteroatoms. The van der Waals surface area contributed by atoms with Gasteiger partial charge in [-0.15, -0.1) is 0 Å². The van der Waals surface area contributed by atoms with Crippen LogP contribution in [0.15, 0.2) is 6.20 Å². The Morgan fingerprint density at radius 2 is 2.17 bits per heavy atom. The van der Waals surface area contributed by atoms with Crippen molar-refractivity contribution in [1.29, 1.82) is 0 Å². The van der Waals surface area contributed by atoms with E-state index in [0.29, 0.717) is 6.04 Å². The van der Waals surface area contributed by atoms with Gasteiger partial charge in [0.1, 0.15) is 0 Å². The molecule has 1 aliphatic rings. The molecule has 0 radical (unpaired) electrons. The lowest BCUT2D eigenvalue weighted by atomic mass is 10.3. The summed E-state index contributed by atoms with van der Waals surface area (Å²) in [5.74, 6) is 1.10. The molecule has 1 N–H and O–H groups in total. The molecule has 0 amide bonds. The van der Waals surface area contributed by atoms with Gasteiger partial charge in [-0.2, -0.15) is 0 Å². The first-order valence-corrected chi connectivity index (χ1v) is 6.78. The highest BCUT2D eigenvalue weighted by atomic mass is 16.5. The molecular formula is C13H24N4O. The molecule has 1 atom stereocenters. The van der Waals surface area contributed by atoms with Crippen LogP contribution in [0, 0.1) is 0 Å². The minimum atomic E-state index is 0.327. The quantitative estimate of drug-likeness (QED) is 0.851. The highest BCUT2D eigenvalue weighted by Crippen LogP contribution is 2.21. The predicted molar refractivity (Wildman–Crippen MR) is 73.3 cm³/mol. The van der Waals surface area contributed by atoms with Crippen molar-refractivity contribution in [3.8, 4) is 0 Å². The average Bonchev–Trinajstić information content (AvgIpc) is 2.84. The van der Waals surface area contributed by atoms with E-state index in [1.165, 1.54) is 0 Å². The van der Waals surface area contributed by atoms with E-state index in [2.05, 4.69) is 34.8 Å². The van der Waals surface area contributed by atoms with E-state index in [0.717, 1.165) is 50.8 Å². The average molecular weight is 252 g/mol. The molecule has 1 aromatic heterocycles. The number of rotatable bonds is 5. The fraction of sp³-hybridized carbons (Fsp3) is 0.769. The maximum atomic E-state index is 5.26. The molecule has 1 aromatic rings. The lowest BCUT2D eigenvalue weighted by Gasteiger charge is -2.30. The van der Waals surface area contributed by atoms with Gasteiger partial charge in [-0.1, -0.05) is 6.92 Å². The third-order valence-electron chi connectivity index (χ3n) is 3.41. The summed E-state index contributed by atoms with van der Waals surface area (Å²) in [5, 5.41) is 3.38. The number of hydrogen-bond donors (Lipinski definition) is 1. The molecule has 1 aliphatic heterocycles. The molecule has 0 bridgehead atoms. The van der Waals surface area contributed by atoms with E-state index in [9.17, 15) is 0 Å². The first-order chi connectivity index (χ1) is 8.76. The molecule has 1 saturated heterocycles. The van der Waals surface area contributed by atoms with Gasteiger partial charge in [-0.05, 0) is 13.3 Å². The molecule has 2 heterocycles. The van der Waals surface area contributed by atoms with Crippen LogP contribution in [-0.4, -0.2) is 49.4 Å².